The van der Waals surface area contributed by atoms with Crippen LogP contribution < -0.4 is 11.1 Å². The molecule has 1 saturated heterocycles. The van der Waals surface area contributed by atoms with E-state index in [0.717, 1.165) is 25.7 Å². The molecule has 3 N–H and O–H groups in total. The first-order valence-electron chi connectivity index (χ1n) is 9.91. The summed E-state index contributed by atoms with van der Waals surface area (Å²) in [5, 5.41) is 2.56. The summed E-state index contributed by atoms with van der Waals surface area (Å²) in [5.41, 5.74) is 5.72. The minimum absolute atomic E-state index is 0.148. The SMILES string of the molecule is NC(=O)c1cncc(NC(=O)C(=O)N2CCCCC2CC2CCCCC2)c1. The van der Waals surface area contributed by atoms with Gasteiger partial charge in [0.1, 0.15) is 0 Å². The molecular weight excluding hydrogens is 344 g/mol. The van der Waals surface area contributed by atoms with Crippen molar-refractivity contribution in [2.75, 3.05) is 11.9 Å². The number of hydrogen-bond donors (Lipinski definition) is 2. The standard InChI is InChI=1S/C20H28N4O3/c21-18(25)15-11-16(13-22-12-15)23-19(26)20(27)24-9-5-4-8-17(24)10-14-6-2-1-3-7-14/h11-14,17H,1-10H2,(H2,21,25)(H,23,26). The molecule has 1 aromatic rings. The van der Waals surface area contributed by atoms with Gasteiger partial charge in [-0.05, 0) is 37.7 Å². The maximum Gasteiger partial charge on any atom is 0.313 e. The number of carbonyl (C=O) groups excluding carboxylic acids is 3. The van der Waals surface area contributed by atoms with Gasteiger partial charge in [-0.25, -0.2) is 0 Å². The first-order valence-corrected chi connectivity index (χ1v) is 9.91. The highest BCUT2D eigenvalue weighted by atomic mass is 16.2. The number of aromatic nitrogens is 1. The summed E-state index contributed by atoms with van der Waals surface area (Å²) in [6.45, 7) is 0.628. The van der Waals surface area contributed by atoms with Crippen molar-refractivity contribution in [3.05, 3.63) is 24.0 Å². The topological polar surface area (TPSA) is 105 Å². The second-order valence-corrected chi connectivity index (χ2v) is 7.67. The largest absolute Gasteiger partial charge is 0.366 e. The summed E-state index contributed by atoms with van der Waals surface area (Å²) in [4.78, 5) is 42.1. The Bertz CT molecular complexity index is 700. The van der Waals surface area contributed by atoms with Crippen molar-refractivity contribution in [2.45, 2.75) is 63.8 Å². The molecule has 7 heteroatoms. The van der Waals surface area contributed by atoms with E-state index in [2.05, 4.69) is 10.3 Å². The molecule has 146 valence electrons. The first-order chi connectivity index (χ1) is 13.0. The van der Waals surface area contributed by atoms with Crippen LogP contribution in [-0.2, 0) is 9.59 Å². The number of piperidine rings is 1. The summed E-state index contributed by atoms with van der Waals surface area (Å²) in [6.07, 6.45) is 13.0. The number of primary amides is 1. The zero-order valence-corrected chi connectivity index (χ0v) is 15.7. The van der Waals surface area contributed by atoms with Gasteiger partial charge in [0.25, 0.3) is 0 Å². The van der Waals surface area contributed by atoms with Crippen molar-refractivity contribution < 1.29 is 14.4 Å². The Labute approximate surface area is 159 Å². The van der Waals surface area contributed by atoms with E-state index >= 15 is 0 Å². The number of nitrogens with one attached hydrogen (secondary N) is 1. The molecule has 2 fully saturated rings. The van der Waals surface area contributed by atoms with Gasteiger partial charge in [0.2, 0.25) is 5.91 Å². The van der Waals surface area contributed by atoms with Gasteiger partial charge in [-0.1, -0.05) is 32.1 Å². The van der Waals surface area contributed by atoms with Crippen LogP contribution in [0.3, 0.4) is 0 Å². The smallest absolute Gasteiger partial charge is 0.313 e. The average molecular weight is 372 g/mol. The van der Waals surface area contributed by atoms with Gasteiger partial charge in [0, 0.05) is 18.8 Å². The lowest BCUT2D eigenvalue weighted by Gasteiger charge is -2.38. The molecule has 0 bridgehead atoms. The van der Waals surface area contributed by atoms with Gasteiger partial charge in [0.05, 0.1) is 17.4 Å². The van der Waals surface area contributed by atoms with Gasteiger partial charge in [-0.2, -0.15) is 0 Å². The van der Waals surface area contributed by atoms with Gasteiger partial charge in [0.15, 0.2) is 0 Å². The van der Waals surface area contributed by atoms with E-state index < -0.39 is 17.7 Å². The summed E-state index contributed by atoms with van der Waals surface area (Å²) in [6, 6.07) is 1.58. The lowest BCUT2D eigenvalue weighted by Crippen LogP contribution is -2.49. The van der Waals surface area contributed by atoms with Crippen LogP contribution in [-0.4, -0.2) is 40.2 Å². The molecule has 0 spiro atoms. The van der Waals surface area contributed by atoms with Crippen LogP contribution in [0.5, 0.6) is 0 Å². The van der Waals surface area contributed by atoms with Crippen LogP contribution in [0.1, 0.15) is 68.1 Å². The third-order valence-corrected chi connectivity index (χ3v) is 5.69. The fraction of sp³-hybridized carbons (Fsp3) is 0.600. The van der Waals surface area contributed by atoms with E-state index in [4.69, 9.17) is 5.73 Å². The zero-order chi connectivity index (χ0) is 19.2. The van der Waals surface area contributed by atoms with E-state index in [1.165, 1.54) is 50.6 Å². The lowest BCUT2D eigenvalue weighted by molar-refractivity contribution is -0.146. The van der Waals surface area contributed by atoms with E-state index in [-0.39, 0.29) is 11.6 Å². The minimum atomic E-state index is -0.686. The Morgan fingerprint density at radius 3 is 2.56 bits per heavy atom. The van der Waals surface area contributed by atoms with Crippen LogP contribution in [0.2, 0.25) is 0 Å². The molecule has 1 aromatic heterocycles. The van der Waals surface area contributed by atoms with Crippen LogP contribution in [0.15, 0.2) is 18.5 Å². The van der Waals surface area contributed by atoms with Crippen molar-refractivity contribution >= 4 is 23.4 Å². The molecule has 1 saturated carbocycles. The highest BCUT2D eigenvalue weighted by Crippen LogP contribution is 2.31. The predicted molar refractivity (Wildman–Crippen MR) is 102 cm³/mol. The molecule has 2 aliphatic rings. The number of amides is 3. The Morgan fingerprint density at radius 2 is 1.81 bits per heavy atom. The number of anilines is 1. The van der Waals surface area contributed by atoms with E-state index in [1.54, 1.807) is 4.90 Å². The van der Waals surface area contributed by atoms with Crippen molar-refractivity contribution in [1.82, 2.24) is 9.88 Å². The van der Waals surface area contributed by atoms with Crippen LogP contribution >= 0.6 is 0 Å². The summed E-state index contributed by atoms with van der Waals surface area (Å²) in [5.74, 6) is -1.15. The van der Waals surface area contributed by atoms with Crippen molar-refractivity contribution in [3.63, 3.8) is 0 Å². The highest BCUT2D eigenvalue weighted by molar-refractivity contribution is 6.39. The summed E-state index contributed by atoms with van der Waals surface area (Å²) < 4.78 is 0. The Hall–Kier alpha value is -2.44. The maximum atomic E-state index is 12.8. The molecule has 1 aliphatic heterocycles. The Balaban J connectivity index is 1.63. The molecule has 0 aromatic carbocycles. The van der Waals surface area contributed by atoms with Crippen LogP contribution in [0, 0.1) is 5.92 Å². The molecule has 1 aliphatic carbocycles. The molecule has 3 rings (SSSR count). The molecule has 3 amide bonds. The van der Waals surface area contributed by atoms with E-state index in [0.29, 0.717) is 18.2 Å². The van der Waals surface area contributed by atoms with Crippen molar-refractivity contribution in [1.29, 1.82) is 0 Å². The minimum Gasteiger partial charge on any atom is -0.366 e. The third-order valence-electron chi connectivity index (χ3n) is 5.69. The number of pyridine rings is 1. The molecule has 1 atom stereocenters. The number of carbonyl (C=O) groups is 3. The second kappa shape index (κ2) is 8.97. The summed E-state index contributed by atoms with van der Waals surface area (Å²) in [7, 11) is 0. The van der Waals surface area contributed by atoms with Crippen molar-refractivity contribution in [2.24, 2.45) is 11.7 Å². The fourth-order valence-electron chi connectivity index (χ4n) is 4.28. The van der Waals surface area contributed by atoms with Gasteiger partial charge in [-0.3, -0.25) is 19.4 Å². The van der Waals surface area contributed by atoms with Crippen LogP contribution in [0.25, 0.3) is 0 Å². The number of nitrogens with two attached hydrogens (primary N) is 1. The normalized spacial score (nSPS) is 20.9. The number of nitrogens with zero attached hydrogens (tertiary/aromatic N) is 2. The zero-order valence-electron chi connectivity index (χ0n) is 15.7. The predicted octanol–water partition coefficient (Wildman–Crippen LogP) is 2.47. The second-order valence-electron chi connectivity index (χ2n) is 7.67. The number of hydrogen-bond acceptors (Lipinski definition) is 4. The van der Waals surface area contributed by atoms with Gasteiger partial charge < -0.3 is 16.0 Å². The van der Waals surface area contributed by atoms with Gasteiger partial charge >= 0.3 is 11.8 Å². The number of rotatable bonds is 4. The molecule has 2 heterocycles. The van der Waals surface area contributed by atoms with Crippen molar-refractivity contribution in [3.8, 4) is 0 Å². The number of likely N-dealkylation sites (tertiary alicyclic amines) is 1. The highest BCUT2D eigenvalue weighted by Gasteiger charge is 2.32. The van der Waals surface area contributed by atoms with E-state index in [9.17, 15) is 14.4 Å². The summed E-state index contributed by atoms with van der Waals surface area (Å²) >= 11 is 0. The lowest BCUT2D eigenvalue weighted by atomic mass is 9.82. The fourth-order valence-corrected chi connectivity index (χ4v) is 4.28. The quantitative estimate of drug-likeness (QED) is 0.792. The monoisotopic (exact) mass is 372 g/mol. The molecule has 1 unspecified atom stereocenters. The average Bonchev–Trinajstić information content (AvgIpc) is 2.69. The molecule has 7 nitrogen and oxygen atoms in total. The Kier molecular flexibility index (Phi) is 6.42. The Morgan fingerprint density at radius 1 is 1.07 bits per heavy atom. The maximum absolute atomic E-state index is 12.8. The molecule has 27 heavy (non-hydrogen) atoms. The first kappa shape index (κ1) is 19.3. The molecule has 0 radical (unpaired) electrons. The van der Waals surface area contributed by atoms with E-state index in [1.807, 2.05) is 0 Å². The third kappa shape index (κ3) is 5.05. The van der Waals surface area contributed by atoms with Crippen LogP contribution in [0.4, 0.5) is 5.69 Å². The van der Waals surface area contributed by atoms with Gasteiger partial charge in [-0.15, -0.1) is 0 Å². The molecular formula is C20H28N4O3.